The molecule has 0 aromatic heterocycles. The fourth-order valence-corrected chi connectivity index (χ4v) is 5.08. The second-order valence-corrected chi connectivity index (χ2v) is 6.61. The van der Waals surface area contributed by atoms with E-state index >= 15 is 0 Å². The van der Waals surface area contributed by atoms with E-state index in [0.29, 0.717) is 6.04 Å². The van der Waals surface area contributed by atoms with Crippen LogP contribution in [0.3, 0.4) is 0 Å². The lowest BCUT2D eigenvalue weighted by atomic mass is 9.79. The highest BCUT2D eigenvalue weighted by Gasteiger charge is 2.54. The quantitative estimate of drug-likeness (QED) is 0.789. The lowest BCUT2D eigenvalue weighted by Gasteiger charge is -2.33. The zero-order valence-electron chi connectivity index (χ0n) is 11.3. The van der Waals surface area contributed by atoms with Crippen molar-refractivity contribution >= 4 is 5.97 Å². The van der Waals surface area contributed by atoms with Crippen LogP contribution in [0.1, 0.15) is 51.9 Å². The molecule has 18 heavy (non-hydrogen) atoms. The molecule has 3 aliphatic carbocycles. The van der Waals surface area contributed by atoms with E-state index in [1.54, 1.807) is 0 Å². The molecule has 3 fully saturated rings. The van der Waals surface area contributed by atoms with Crippen molar-refractivity contribution in [1.82, 2.24) is 5.32 Å². The molecule has 3 rings (SSSR count). The number of carbonyl (C=O) groups is 1. The standard InChI is InChI=1S/C15H25NO2/c1-2-4-13(15(17)18)16-14-8-9-7-12(14)11-6-3-5-10(9)11/h9-14,16H,2-8H2,1H3,(H,17,18). The van der Waals surface area contributed by atoms with E-state index in [4.69, 9.17) is 0 Å². The largest absolute Gasteiger partial charge is 0.480 e. The summed E-state index contributed by atoms with van der Waals surface area (Å²) in [6, 6.07) is 0.168. The Kier molecular flexibility index (Phi) is 3.35. The van der Waals surface area contributed by atoms with E-state index in [2.05, 4.69) is 12.2 Å². The van der Waals surface area contributed by atoms with Crippen LogP contribution in [0.15, 0.2) is 0 Å². The average molecular weight is 251 g/mol. The highest BCUT2D eigenvalue weighted by atomic mass is 16.4. The van der Waals surface area contributed by atoms with E-state index in [9.17, 15) is 9.90 Å². The van der Waals surface area contributed by atoms with Gasteiger partial charge in [0.2, 0.25) is 0 Å². The third kappa shape index (κ3) is 1.97. The highest BCUT2D eigenvalue weighted by Crippen LogP contribution is 2.58. The first kappa shape index (κ1) is 12.5. The van der Waals surface area contributed by atoms with Gasteiger partial charge < -0.3 is 10.4 Å². The number of carboxylic acid groups (broad SMARTS) is 1. The summed E-state index contributed by atoms with van der Waals surface area (Å²) in [5.74, 6) is 2.92. The lowest BCUT2D eigenvalue weighted by Crippen LogP contribution is -2.47. The van der Waals surface area contributed by atoms with Gasteiger partial charge in [-0.1, -0.05) is 19.8 Å². The van der Waals surface area contributed by atoms with Crippen LogP contribution < -0.4 is 5.32 Å². The van der Waals surface area contributed by atoms with Crippen molar-refractivity contribution in [2.24, 2.45) is 23.7 Å². The molecule has 3 aliphatic rings. The zero-order chi connectivity index (χ0) is 12.7. The third-order valence-corrected chi connectivity index (χ3v) is 5.72. The van der Waals surface area contributed by atoms with Gasteiger partial charge in [-0.2, -0.15) is 0 Å². The van der Waals surface area contributed by atoms with Crippen LogP contribution >= 0.6 is 0 Å². The van der Waals surface area contributed by atoms with Crippen LogP contribution in [-0.4, -0.2) is 23.2 Å². The molecule has 3 heteroatoms. The maximum Gasteiger partial charge on any atom is 0.320 e. The minimum Gasteiger partial charge on any atom is -0.480 e. The molecule has 0 aromatic carbocycles. The highest BCUT2D eigenvalue weighted by molar-refractivity contribution is 5.73. The van der Waals surface area contributed by atoms with Gasteiger partial charge in [0.15, 0.2) is 0 Å². The Morgan fingerprint density at radius 3 is 2.78 bits per heavy atom. The van der Waals surface area contributed by atoms with Crippen LogP contribution in [-0.2, 0) is 4.79 Å². The van der Waals surface area contributed by atoms with Gasteiger partial charge in [-0.15, -0.1) is 0 Å². The number of nitrogens with one attached hydrogen (secondary N) is 1. The topological polar surface area (TPSA) is 49.3 Å². The number of fused-ring (bicyclic) bond motifs is 5. The number of aliphatic carboxylic acids is 1. The molecule has 3 nitrogen and oxygen atoms in total. The molecule has 6 unspecified atom stereocenters. The van der Waals surface area contributed by atoms with E-state index < -0.39 is 5.97 Å². The predicted octanol–water partition coefficient (Wildman–Crippen LogP) is 2.65. The Morgan fingerprint density at radius 1 is 1.28 bits per heavy atom. The van der Waals surface area contributed by atoms with Crippen molar-refractivity contribution in [3.63, 3.8) is 0 Å². The molecule has 102 valence electrons. The SMILES string of the molecule is CCCC(NC1CC2CC1C1CCCC21)C(=O)O. The second-order valence-electron chi connectivity index (χ2n) is 6.61. The molecule has 0 heterocycles. The minimum atomic E-state index is -0.664. The number of hydrogen-bond acceptors (Lipinski definition) is 2. The monoisotopic (exact) mass is 251 g/mol. The van der Waals surface area contributed by atoms with Gasteiger partial charge in [0.1, 0.15) is 6.04 Å². The summed E-state index contributed by atoms with van der Waals surface area (Å²) in [7, 11) is 0. The van der Waals surface area contributed by atoms with Gasteiger partial charge in [0, 0.05) is 6.04 Å². The summed E-state index contributed by atoms with van der Waals surface area (Å²) >= 11 is 0. The Labute approximate surface area is 109 Å². The Bertz CT molecular complexity index is 330. The van der Waals surface area contributed by atoms with Crippen LogP contribution in [0.25, 0.3) is 0 Å². The summed E-state index contributed by atoms with van der Waals surface area (Å²) in [4.78, 5) is 11.2. The van der Waals surface area contributed by atoms with Gasteiger partial charge in [-0.25, -0.2) is 0 Å². The number of rotatable bonds is 5. The Hall–Kier alpha value is -0.570. The minimum absolute atomic E-state index is 0.320. The summed E-state index contributed by atoms with van der Waals surface area (Å²) in [5.41, 5.74) is 0. The molecule has 3 saturated carbocycles. The van der Waals surface area contributed by atoms with E-state index in [-0.39, 0.29) is 6.04 Å². The smallest absolute Gasteiger partial charge is 0.320 e. The van der Waals surface area contributed by atoms with Gasteiger partial charge in [-0.3, -0.25) is 4.79 Å². The van der Waals surface area contributed by atoms with Crippen LogP contribution in [0.2, 0.25) is 0 Å². The van der Waals surface area contributed by atoms with Gasteiger partial charge >= 0.3 is 5.97 Å². The second kappa shape index (κ2) is 4.84. The Morgan fingerprint density at radius 2 is 2.06 bits per heavy atom. The van der Waals surface area contributed by atoms with E-state index in [1.165, 1.54) is 32.1 Å². The number of carboxylic acids is 1. The fraction of sp³-hybridized carbons (Fsp3) is 0.933. The first-order valence-corrected chi connectivity index (χ1v) is 7.69. The molecule has 6 atom stereocenters. The molecule has 0 aromatic rings. The van der Waals surface area contributed by atoms with E-state index in [0.717, 1.165) is 36.5 Å². The van der Waals surface area contributed by atoms with Crippen LogP contribution in [0.4, 0.5) is 0 Å². The average Bonchev–Trinajstić information content (AvgIpc) is 2.99. The fourth-order valence-electron chi connectivity index (χ4n) is 5.08. The predicted molar refractivity (Wildman–Crippen MR) is 70.3 cm³/mol. The molecular weight excluding hydrogens is 226 g/mol. The summed E-state index contributed by atoms with van der Waals surface area (Å²) in [6.45, 7) is 2.06. The molecular formula is C15H25NO2. The first-order valence-electron chi connectivity index (χ1n) is 7.69. The lowest BCUT2D eigenvalue weighted by molar-refractivity contribution is -0.140. The molecule has 0 aliphatic heterocycles. The summed E-state index contributed by atoms with van der Waals surface area (Å²) < 4.78 is 0. The molecule has 0 radical (unpaired) electrons. The van der Waals surface area contributed by atoms with Crippen LogP contribution in [0, 0.1) is 23.7 Å². The first-order chi connectivity index (χ1) is 8.70. The van der Waals surface area contributed by atoms with Crippen molar-refractivity contribution in [3.05, 3.63) is 0 Å². The van der Waals surface area contributed by atoms with Crippen molar-refractivity contribution < 1.29 is 9.90 Å². The Balaban J connectivity index is 1.63. The van der Waals surface area contributed by atoms with Crippen molar-refractivity contribution in [1.29, 1.82) is 0 Å². The van der Waals surface area contributed by atoms with Crippen molar-refractivity contribution in [2.45, 2.75) is 64.0 Å². The van der Waals surface area contributed by atoms with Crippen molar-refractivity contribution in [2.75, 3.05) is 0 Å². The molecule has 0 amide bonds. The van der Waals surface area contributed by atoms with Crippen molar-refractivity contribution in [3.8, 4) is 0 Å². The third-order valence-electron chi connectivity index (χ3n) is 5.72. The van der Waals surface area contributed by atoms with Gasteiger partial charge in [0.25, 0.3) is 0 Å². The van der Waals surface area contributed by atoms with Gasteiger partial charge in [-0.05, 0) is 55.8 Å². The molecule has 2 N–H and O–H groups in total. The summed E-state index contributed by atoms with van der Waals surface area (Å²) in [5, 5.41) is 12.7. The normalized spacial score (nSPS) is 43.1. The molecule has 0 saturated heterocycles. The number of hydrogen-bond donors (Lipinski definition) is 2. The van der Waals surface area contributed by atoms with Crippen LogP contribution in [0.5, 0.6) is 0 Å². The zero-order valence-corrected chi connectivity index (χ0v) is 11.3. The maximum atomic E-state index is 11.2. The molecule has 0 spiro atoms. The molecule has 2 bridgehead atoms. The van der Waals surface area contributed by atoms with E-state index in [1.807, 2.05) is 0 Å². The van der Waals surface area contributed by atoms with Gasteiger partial charge in [0.05, 0.1) is 0 Å². The summed E-state index contributed by atoms with van der Waals surface area (Å²) in [6.07, 6.45) is 8.55. The maximum absolute atomic E-state index is 11.2.